The molecule has 0 fully saturated rings. The number of phenols is 1. The van der Waals surface area contributed by atoms with Crippen molar-refractivity contribution in [1.82, 2.24) is 5.32 Å². The summed E-state index contributed by atoms with van der Waals surface area (Å²) in [5.41, 5.74) is 2.60. The maximum atomic E-state index is 12.7. The normalized spacial score (nSPS) is 22.4. The zero-order valence-corrected chi connectivity index (χ0v) is 16.9. The van der Waals surface area contributed by atoms with Gasteiger partial charge in [0.25, 0.3) is 5.91 Å². The molecule has 126 valence electrons. The molecule has 0 radical (unpaired) electrons. The molecule has 0 saturated heterocycles. The fraction of sp³-hybridized carbons (Fsp3) is 0.312. The second-order valence-corrected chi connectivity index (χ2v) is 9.09. The molecule has 3 heterocycles. The van der Waals surface area contributed by atoms with Crippen LogP contribution in [0.4, 0.5) is 5.00 Å². The second-order valence-electron chi connectivity index (χ2n) is 6.22. The third-order valence-electron chi connectivity index (χ3n) is 4.50. The van der Waals surface area contributed by atoms with Gasteiger partial charge in [-0.25, -0.2) is 0 Å². The molecule has 4 N–H and O–H groups in total. The maximum absolute atomic E-state index is 12.7. The number of halogens is 2. The number of thiophene rings is 1. The van der Waals surface area contributed by atoms with Crippen LogP contribution in [-0.4, -0.2) is 24.6 Å². The van der Waals surface area contributed by atoms with Crippen LogP contribution in [0.2, 0.25) is 0 Å². The predicted molar refractivity (Wildman–Crippen MR) is 101 cm³/mol. The number of amides is 1. The molecule has 4 rings (SSSR count). The molecule has 5 nitrogen and oxygen atoms in total. The Morgan fingerprint density at radius 1 is 1.33 bits per heavy atom. The van der Waals surface area contributed by atoms with Crippen molar-refractivity contribution in [1.29, 1.82) is 0 Å². The van der Waals surface area contributed by atoms with Crippen molar-refractivity contribution in [3.63, 3.8) is 0 Å². The summed E-state index contributed by atoms with van der Waals surface area (Å²) < 4.78 is 1.42. The molecule has 0 spiro atoms. The number of rotatable bonds is 1. The van der Waals surface area contributed by atoms with Crippen molar-refractivity contribution in [3.8, 4) is 5.75 Å². The molecular weight excluding hydrogens is 458 g/mol. The summed E-state index contributed by atoms with van der Waals surface area (Å²) in [7, 11) is 2.18. The number of phenolic OH excluding ortho intramolecular Hbond substituents is 1. The summed E-state index contributed by atoms with van der Waals surface area (Å²) in [6.45, 7) is 2.01. The third kappa shape index (κ3) is 2.65. The first-order valence-corrected chi connectivity index (χ1v) is 10.1. The lowest BCUT2D eigenvalue weighted by atomic mass is 10.0. The molecule has 0 aliphatic carbocycles. The van der Waals surface area contributed by atoms with Gasteiger partial charge in [0, 0.05) is 16.5 Å². The summed E-state index contributed by atoms with van der Waals surface area (Å²) in [5, 5.41) is 17.6. The van der Waals surface area contributed by atoms with Gasteiger partial charge in [-0.15, -0.1) is 11.3 Å². The van der Waals surface area contributed by atoms with E-state index in [2.05, 4.69) is 49.5 Å². The van der Waals surface area contributed by atoms with Gasteiger partial charge in [0.15, 0.2) is 0 Å². The Morgan fingerprint density at radius 3 is 2.92 bits per heavy atom. The minimum Gasteiger partial charge on any atom is -0.506 e. The molecule has 1 aromatic carbocycles. The van der Waals surface area contributed by atoms with Gasteiger partial charge < -0.3 is 20.6 Å². The van der Waals surface area contributed by atoms with Crippen molar-refractivity contribution in [2.24, 2.45) is 0 Å². The van der Waals surface area contributed by atoms with Crippen LogP contribution in [0.15, 0.2) is 21.1 Å². The number of fused-ring (bicyclic) bond motifs is 3. The molecule has 2 aliphatic rings. The zero-order valence-electron chi connectivity index (χ0n) is 12.9. The molecule has 1 unspecified atom stereocenters. The first kappa shape index (κ1) is 16.4. The standard InChI is InChI=1S/C16H15Br2N3O2S/c1-21-3-2-8-11(6-21)24-16-12(8)15(23)19-14(20-16)9-4-7(17)5-10(18)13(9)22/h4-5,14,20,22H,2-3,6H2,1H3,(H,19,23)/p+1/t14-/m0/s1. The van der Waals surface area contributed by atoms with Crippen LogP contribution < -0.4 is 15.5 Å². The van der Waals surface area contributed by atoms with Gasteiger partial charge in [-0.3, -0.25) is 4.79 Å². The SMILES string of the molecule is C[NH+]1CCc2c(sc3c2C(=O)N[C@H](c2cc(Br)cc(Br)c2O)N3)C1. The Hall–Kier alpha value is -1.09. The molecule has 2 atom stereocenters. The minimum absolute atomic E-state index is 0.0682. The fourth-order valence-corrected chi connectivity index (χ4v) is 5.94. The Balaban J connectivity index is 1.74. The van der Waals surface area contributed by atoms with Crippen molar-refractivity contribution < 1.29 is 14.8 Å². The van der Waals surface area contributed by atoms with Crippen LogP contribution in [0.25, 0.3) is 0 Å². The van der Waals surface area contributed by atoms with Crippen LogP contribution >= 0.6 is 43.2 Å². The molecule has 24 heavy (non-hydrogen) atoms. The number of hydrogen-bond acceptors (Lipinski definition) is 4. The lowest BCUT2D eigenvalue weighted by molar-refractivity contribution is -0.895. The van der Waals surface area contributed by atoms with Gasteiger partial charge >= 0.3 is 0 Å². The maximum Gasteiger partial charge on any atom is 0.256 e. The topological polar surface area (TPSA) is 65.8 Å². The Bertz CT molecular complexity index is 852. The van der Waals surface area contributed by atoms with Crippen LogP contribution in [0.1, 0.15) is 32.5 Å². The average molecular weight is 474 g/mol. The molecule has 2 aliphatic heterocycles. The van der Waals surface area contributed by atoms with Crippen LogP contribution in [0.3, 0.4) is 0 Å². The number of nitrogens with one attached hydrogen (secondary N) is 3. The fourth-order valence-electron chi connectivity index (χ4n) is 3.29. The van der Waals surface area contributed by atoms with E-state index >= 15 is 0 Å². The van der Waals surface area contributed by atoms with E-state index in [0.29, 0.717) is 10.0 Å². The Kier molecular flexibility index (Phi) is 4.11. The molecule has 1 aromatic heterocycles. The van der Waals surface area contributed by atoms with Crippen LogP contribution in [0.5, 0.6) is 5.75 Å². The lowest BCUT2D eigenvalue weighted by Gasteiger charge is -2.27. The van der Waals surface area contributed by atoms with E-state index in [0.717, 1.165) is 34.5 Å². The predicted octanol–water partition coefficient (Wildman–Crippen LogP) is 2.40. The Morgan fingerprint density at radius 2 is 2.12 bits per heavy atom. The first-order valence-electron chi connectivity index (χ1n) is 7.65. The number of carbonyl (C=O) groups is 1. The molecular formula is C16H16Br2N3O2S+. The molecule has 0 bridgehead atoms. The van der Waals surface area contributed by atoms with Gasteiger partial charge in [0.05, 0.1) is 28.5 Å². The third-order valence-corrected chi connectivity index (χ3v) is 6.73. The molecule has 8 heteroatoms. The van der Waals surface area contributed by atoms with Crippen LogP contribution in [0, 0.1) is 0 Å². The van der Waals surface area contributed by atoms with Crippen molar-refractivity contribution in [2.75, 3.05) is 18.9 Å². The molecule has 0 saturated carbocycles. The highest BCUT2D eigenvalue weighted by Gasteiger charge is 2.34. The van der Waals surface area contributed by atoms with Crippen molar-refractivity contribution >= 4 is 54.1 Å². The Labute approximate surface area is 160 Å². The second kappa shape index (κ2) is 6.01. The van der Waals surface area contributed by atoms with E-state index in [1.165, 1.54) is 15.3 Å². The number of quaternary nitrogens is 1. The quantitative estimate of drug-likeness (QED) is 0.514. The van der Waals surface area contributed by atoms with E-state index in [1.807, 2.05) is 6.07 Å². The van der Waals surface area contributed by atoms with E-state index < -0.39 is 6.17 Å². The highest BCUT2D eigenvalue weighted by Crippen LogP contribution is 2.42. The monoisotopic (exact) mass is 472 g/mol. The summed E-state index contributed by atoms with van der Waals surface area (Å²) in [4.78, 5) is 15.5. The zero-order chi connectivity index (χ0) is 17.0. The number of hydrogen-bond donors (Lipinski definition) is 4. The summed E-state index contributed by atoms with van der Waals surface area (Å²) in [6, 6.07) is 3.59. The minimum atomic E-state index is -0.455. The summed E-state index contributed by atoms with van der Waals surface area (Å²) in [6.07, 6.45) is 0.476. The van der Waals surface area contributed by atoms with Gasteiger partial charge in [0.2, 0.25) is 0 Å². The highest BCUT2D eigenvalue weighted by atomic mass is 79.9. The highest BCUT2D eigenvalue weighted by molar-refractivity contribution is 9.11. The van der Waals surface area contributed by atoms with E-state index in [4.69, 9.17) is 0 Å². The van der Waals surface area contributed by atoms with E-state index in [1.54, 1.807) is 17.4 Å². The summed E-state index contributed by atoms with van der Waals surface area (Å²) >= 11 is 8.43. The average Bonchev–Trinajstić information content (AvgIpc) is 2.88. The van der Waals surface area contributed by atoms with Crippen molar-refractivity contribution in [3.05, 3.63) is 42.6 Å². The van der Waals surface area contributed by atoms with E-state index in [-0.39, 0.29) is 11.7 Å². The lowest BCUT2D eigenvalue weighted by Crippen LogP contribution is -3.08. The smallest absolute Gasteiger partial charge is 0.256 e. The largest absolute Gasteiger partial charge is 0.506 e. The molecule has 2 aromatic rings. The number of anilines is 1. The van der Waals surface area contributed by atoms with Crippen LogP contribution in [-0.2, 0) is 13.0 Å². The van der Waals surface area contributed by atoms with Gasteiger partial charge in [0.1, 0.15) is 23.5 Å². The number of aromatic hydroxyl groups is 1. The summed E-state index contributed by atoms with van der Waals surface area (Å²) in [5.74, 6) is 0.0613. The van der Waals surface area contributed by atoms with Gasteiger partial charge in [-0.05, 0) is 33.6 Å². The van der Waals surface area contributed by atoms with Crippen molar-refractivity contribution in [2.45, 2.75) is 19.1 Å². The number of carbonyl (C=O) groups excluding carboxylic acids is 1. The number of benzene rings is 1. The van der Waals surface area contributed by atoms with Gasteiger partial charge in [-0.1, -0.05) is 15.9 Å². The van der Waals surface area contributed by atoms with Gasteiger partial charge in [-0.2, -0.15) is 0 Å². The number of likely N-dealkylation sites (N-methyl/N-ethyl adjacent to an activating group) is 1. The van der Waals surface area contributed by atoms with E-state index in [9.17, 15) is 9.90 Å². The first-order chi connectivity index (χ1) is 11.4. The molecule has 1 amide bonds.